The number of allylic oxidation sites excluding steroid dienone is 1. The molecule has 27 heavy (non-hydrogen) atoms. The van der Waals surface area contributed by atoms with Gasteiger partial charge in [-0.25, -0.2) is 4.79 Å². The summed E-state index contributed by atoms with van der Waals surface area (Å²) in [5.41, 5.74) is 2.58. The Hall–Kier alpha value is -2.79. The first-order valence-electron chi connectivity index (χ1n) is 9.03. The second kappa shape index (κ2) is 8.73. The average Bonchev–Trinajstić information content (AvgIpc) is 2.99. The molecule has 0 aromatic heterocycles. The fourth-order valence-corrected chi connectivity index (χ4v) is 3.18. The average molecular weight is 367 g/mol. The summed E-state index contributed by atoms with van der Waals surface area (Å²) in [6.07, 6.45) is 3.79. The summed E-state index contributed by atoms with van der Waals surface area (Å²) in [5, 5.41) is 0. The van der Waals surface area contributed by atoms with Crippen LogP contribution in [0.25, 0.3) is 5.76 Å². The van der Waals surface area contributed by atoms with Crippen molar-refractivity contribution in [2.45, 2.75) is 19.4 Å². The van der Waals surface area contributed by atoms with Crippen LogP contribution in [0.1, 0.15) is 34.3 Å². The van der Waals surface area contributed by atoms with Crippen LogP contribution in [-0.2, 0) is 11.3 Å². The van der Waals surface area contributed by atoms with E-state index in [1.54, 1.807) is 26.4 Å². The Labute approximate surface area is 160 Å². The van der Waals surface area contributed by atoms with Gasteiger partial charge in [-0.2, -0.15) is 0 Å². The number of nitrogens with zero attached hydrogens (tertiary/aromatic N) is 1. The van der Waals surface area contributed by atoms with Crippen molar-refractivity contribution in [2.24, 2.45) is 0 Å². The topological polar surface area (TPSA) is 48.0 Å². The van der Waals surface area contributed by atoms with Gasteiger partial charge in [-0.1, -0.05) is 30.3 Å². The molecular weight excluding hydrogens is 342 g/mol. The Balaban J connectivity index is 1.60. The fourth-order valence-electron chi connectivity index (χ4n) is 3.18. The van der Waals surface area contributed by atoms with E-state index in [4.69, 9.17) is 14.2 Å². The zero-order chi connectivity index (χ0) is 19.2. The van der Waals surface area contributed by atoms with E-state index < -0.39 is 0 Å². The summed E-state index contributed by atoms with van der Waals surface area (Å²) in [4.78, 5) is 14.4. The van der Waals surface area contributed by atoms with Crippen LogP contribution in [-0.4, -0.2) is 38.7 Å². The summed E-state index contributed by atoms with van der Waals surface area (Å²) in [6.45, 7) is 1.89. The Morgan fingerprint density at radius 3 is 2.37 bits per heavy atom. The third-order valence-corrected chi connectivity index (χ3v) is 4.58. The molecule has 5 heteroatoms. The number of rotatable bonds is 8. The van der Waals surface area contributed by atoms with E-state index in [0.29, 0.717) is 22.8 Å². The van der Waals surface area contributed by atoms with Crippen molar-refractivity contribution in [3.63, 3.8) is 0 Å². The van der Waals surface area contributed by atoms with Gasteiger partial charge in [-0.3, -0.25) is 0 Å². The lowest BCUT2D eigenvalue weighted by Crippen LogP contribution is -2.18. The maximum Gasteiger partial charge on any atom is 0.344 e. The maximum atomic E-state index is 12.1. The number of benzene rings is 2. The molecule has 0 amide bonds. The van der Waals surface area contributed by atoms with Gasteiger partial charge in [0.1, 0.15) is 5.76 Å². The number of ether oxygens (including phenoxy) is 3. The number of methoxy groups -OCH3 is 2. The molecule has 1 aliphatic heterocycles. The molecule has 1 heterocycles. The van der Waals surface area contributed by atoms with Crippen LogP contribution in [0.5, 0.6) is 11.5 Å². The molecule has 0 fully saturated rings. The highest BCUT2D eigenvalue weighted by Gasteiger charge is 2.28. The second-order valence-corrected chi connectivity index (χ2v) is 6.58. The molecule has 0 atom stereocenters. The smallest absolute Gasteiger partial charge is 0.344 e. The number of carbonyl (C=O) groups excluding carboxylic acids is 1. The SMILES string of the molecule is COc1cc2c(cc1OC)/C(=C/CCCN(C)Cc1ccccc1)OC2=O. The van der Waals surface area contributed by atoms with E-state index in [-0.39, 0.29) is 5.97 Å². The molecule has 2 aromatic rings. The molecule has 3 rings (SSSR count). The largest absolute Gasteiger partial charge is 0.493 e. The third kappa shape index (κ3) is 4.49. The summed E-state index contributed by atoms with van der Waals surface area (Å²) >= 11 is 0. The number of hydrogen-bond acceptors (Lipinski definition) is 5. The lowest BCUT2D eigenvalue weighted by Gasteiger charge is -2.16. The number of cyclic esters (lactones) is 1. The predicted octanol–water partition coefficient (Wildman–Crippen LogP) is 4.13. The monoisotopic (exact) mass is 367 g/mol. The molecule has 0 saturated heterocycles. The molecule has 142 valence electrons. The van der Waals surface area contributed by atoms with Gasteiger partial charge in [0.25, 0.3) is 0 Å². The fraction of sp³-hybridized carbons (Fsp3) is 0.318. The minimum atomic E-state index is -0.349. The van der Waals surface area contributed by atoms with E-state index in [0.717, 1.165) is 31.5 Å². The Bertz CT molecular complexity index is 830. The van der Waals surface area contributed by atoms with Crippen molar-refractivity contribution < 1.29 is 19.0 Å². The Morgan fingerprint density at radius 2 is 1.70 bits per heavy atom. The van der Waals surface area contributed by atoms with Gasteiger partial charge in [0.2, 0.25) is 0 Å². The molecular formula is C22H25NO4. The lowest BCUT2D eigenvalue weighted by atomic mass is 10.1. The van der Waals surface area contributed by atoms with Crippen LogP contribution in [0.15, 0.2) is 48.5 Å². The predicted molar refractivity (Wildman–Crippen MR) is 105 cm³/mol. The molecule has 0 unspecified atom stereocenters. The highest BCUT2D eigenvalue weighted by atomic mass is 16.5. The van der Waals surface area contributed by atoms with Crippen LogP contribution in [0.2, 0.25) is 0 Å². The minimum Gasteiger partial charge on any atom is -0.493 e. The summed E-state index contributed by atoms with van der Waals surface area (Å²) in [6, 6.07) is 13.9. The van der Waals surface area contributed by atoms with Crippen LogP contribution in [0.4, 0.5) is 0 Å². The normalized spacial score (nSPS) is 14.4. The highest BCUT2D eigenvalue weighted by Crippen LogP contribution is 2.38. The van der Waals surface area contributed by atoms with Crippen LogP contribution >= 0.6 is 0 Å². The molecule has 5 nitrogen and oxygen atoms in total. The van der Waals surface area contributed by atoms with E-state index >= 15 is 0 Å². The van der Waals surface area contributed by atoms with Crippen molar-refractivity contribution in [1.29, 1.82) is 0 Å². The first-order chi connectivity index (χ1) is 13.1. The summed E-state index contributed by atoms with van der Waals surface area (Å²) in [5.74, 6) is 1.36. The van der Waals surface area contributed by atoms with Gasteiger partial charge in [0.15, 0.2) is 11.5 Å². The van der Waals surface area contributed by atoms with Crippen LogP contribution < -0.4 is 9.47 Å². The van der Waals surface area contributed by atoms with Crippen LogP contribution in [0.3, 0.4) is 0 Å². The maximum absolute atomic E-state index is 12.1. The van der Waals surface area contributed by atoms with Crippen molar-refractivity contribution in [2.75, 3.05) is 27.8 Å². The number of fused-ring (bicyclic) bond motifs is 1. The van der Waals surface area contributed by atoms with Gasteiger partial charge >= 0.3 is 5.97 Å². The van der Waals surface area contributed by atoms with Crippen molar-refractivity contribution >= 4 is 11.7 Å². The van der Waals surface area contributed by atoms with Crippen molar-refractivity contribution in [3.8, 4) is 11.5 Å². The van der Waals surface area contributed by atoms with Gasteiger partial charge in [0, 0.05) is 12.1 Å². The molecule has 2 aromatic carbocycles. The van der Waals surface area contributed by atoms with Crippen LogP contribution in [0, 0.1) is 0 Å². The van der Waals surface area contributed by atoms with E-state index in [2.05, 4.69) is 36.2 Å². The highest BCUT2D eigenvalue weighted by molar-refractivity contribution is 6.03. The zero-order valence-corrected chi connectivity index (χ0v) is 16.0. The van der Waals surface area contributed by atoms with E-state index in [1.165, 1.54) is 5.56 Å². The van der Waals surface area contributed by atoms with Crippen molar-refractivity contribution in [3.05, 3.63) is 65.2 Å². The first kappa shape index (κ1) is 19.0. The van der Waals surface area contributed by atoms with Gasteiger partial charge in [0.05, 0.1) is 19.8 Å². The molecule has 0 N–H and O–H groups in total. The number of carbonyl (C=O) groups is 1. The number of unbranched alkanes of at least 4 members (excludes halogenated alkanes) is 1. The zero-order valence-electron chi connectivity index (χ0n) is 16.0. The van der Waals surface area contributed by atoms with Gasteiger partial charge in [-0.15, -0.1) is 0 Å². The Kier molecular flexibility index (Phi) is 6.14. The molecule has 0 spiro atoms. The molecule has 0 bridgehead atoms. The number of esters is 1. The van der Waals surface area contributed by atoms with Gasteiger partial charge in [-0.05, 0) is 50.2 Å². The minimum absolute atomic E-state index is 0.349. The Morgan fingerprint density at radius 1 is 1.04 bits per heavy atom. The van der Waals surface area contributed by atoms with Crippen molar-refractivity contribution in [1.82, 2.24) is 4.90 Å². The van der Waals surface area contributed by atoms with E-state index in [1.807, 2.05) is 12.1 Å². The molecule has 1 aliphatic rings. The second-order valence-electron chi connectivity index (χ2n) is 6.58. The summed E-state index contributed by atoms with van der Waals surface area (Å²) < 4.78 is 16.0. The number of hydrogen-bond donors (Lipinski definition) is 0. The first-order valence-corrected chi connectivity index (χ1v) is 9.03. The lowest BCUT2D eigenvalue weighted by molar-refractivity contribution is 0.0715. The molecule has 0 saturated carbocycles. The quantitative estimate of drug-likeness (QED) is 0.519. The third-order valence-electron chi connectivity index (χ3n) is 4.58. The van der Waals surface area contributed by atoms with E-state index in [9.17, 15) is 4.79 Å². The van der Waals surface area contributed by atoms with Gasteiger partial charge < -0.3 is 19.1 Å². The summed E-state index contributed by atoms with van der Waals surface area (Å²) in [7, 11) is 5.24. The molecule has 0 radical (unpaired) electrons. The standard InChI is InChI=1S/C22H25NO4/c1-23(15-16-9-5-4-6-10-16)12-8-7-11-19-17-13-20(25-2)21(26-3)14-18(17)22(24)27-19/h4-6,9-11,13-14H,7-8,12,15H2,1-3H3/b19-11-. The molecule has 0 aliphatic carbocycles.